The van der Waals surface area contributed by atoms with E-state index in [1.165, 1.54) is 0 Å². The third-order valence-electron chi connectivity index (χ3n) is 5.04. The second kappa shape index (κ2) is 8.57. The molecule has 2 heterocycles. The van der Waals surface area contributed by atoms with Crippen molar-refractivity contribution in [2.75, 3.05) is 31.1 Å². The summed E-state index contributed by atoms with van der Waals surface area (Å²) < 4.78 is 7.45. The molecule has 3 aromatic rings. The van der Waals surface area contributed by atoms with Crippen LogP contribution in [0.15, 0.2) is 60.7 Å². The molecule has 150 valence electrons. The van der Waals surface area contributed by atoms with Gasteiger partial charge < -0.3 is 14.5 Å². The zero-order valence-electron chi connectivity index (χ0n) is 16.3. The van der Waals surface area contributed by atoms with E-state index in [4.69, 9.17) is 16.3 Å². The van der Waals surface area contributed by atoms with Crippen LogP contribution in [0.1, 0.15) is 16.1 Å². The summed E-state index contributed by atoms with van der Waals surface area (Å²) in [5, 5.41) is 5.08. The first-order valence-electron chi connectivity index (χ1n) is 9.61. The molecule has 1 amide bonds. The van der Waals surface area contributed by atoms with Crippen molar-refractivity contribution in [1.29, 1.82) is 0 Å². The fourth-order valence-electron chi connectivity index (χ4n) is 3.40. The van der Waals surface area contributed by atoms with E-state index in [0.717, 1.165) is 29.4 Å². The van der Waals surface area contributed by atoms with Crippen molar-refractivity contribution in [3.05, 3.63) is 76.9 Å². The van der Waals surface area contributed by atoms with Crippen LogP contribution in [0.4, 0.5) is 5.69 Å². The van der Waals surface area contributed by atoms with E-state index >= 15 is 0 Å². The van der Waals surface area contributed by atoms with Gasteiger partial charge in [0.2, 0.25) is 5.88 Å². The highest BCUT2D eigenvalue weighted by Gasteiger charge is 2.25. The van der Waals surface area contributed by atoms with Gasteiger partial charge in [0.25, 0.3) is 5.91 Å². The van der Waals surface area contributed by atoms with Gasteiger partial charge in [0, 0.05) is 50.0 Å². The van der Waals surface area contributed by atoms with Crippen molar-refractivity contribution < 1.29 is 9.53 Å². The monoisotopic (exact) mass is 410 g/mol. The number of carbonyl (C=O) groups is 1. The summed E-state index contributed by atoms with van der Waals surface area (Å²) in [7, 11) is 1.79. The van der Waals surface area contributed by atoms with Gasteiger partial charge in [-0.15, -0.1) is 0 Å². The van der Waals surface area contributed by atoms with Gasteiger partial charge in [0.1, 0.15) is 6.61 Å². The molecule has 1 aromatic heterocycles. The molecule has 1 aliphatic heterocycles. The first-order valence-corrected chi connectivity index (χ1v) is 9.98. The van der Waals surface area contributed by atoms with Crippen LogP contribution in [-0.2, 0) is 13.7 Å². The van der Waals surface area contributed by atoms with E-state index in [-0.39, 0.29) is 5.91 Å². The first kappa shape index (κ1) is 19.3. The van der Waals surface area contributed by atoms with Gasteiger partial charge in [-0.1, -0.05) is 41.9 Å². The standard InChI is InChI=1S/C22H23ClN4O2/c1-25-21(29-16-17-5-3-2-4-6-17)15-20(24-25)22(28)27-13-11-26(12-14-27)19-9-7-18(23)8-10-19/h2-10,15H,11-14,16H2,1H3. The predicted molar refractivity (Wildman–Crippen MR) is 114 cm³/mol. The van der Waals surface area contributed by atoms with Gasteiger partial charge in [-0.2, -0.15) is 5.10 Å². The maximum Gasteiger partial charge on any atom is 0.274 e. The minimum Gasteiger partial charge on any atom is -0.473 e. The highest BCUT2D eigenvalue weighted by Crippen LogP contribution is 2.21. The van der Waals surface area contributed by atoms with E-state index in [1.807, 2.05) is 59.5 Å². The molecule has 0 bridgehead atoms. The fourth-order valence-corrected chi connectivity index (χ4v) is 3.53. The second-order valence-corrected chi connectivity index (χ2v) is 7.46. The number of carbonyl (C=O) groups excluding carboxylic acids is 1. The normalized spacial score (nSPS) is 14.1. The van der Waals surface area contributed by atoms with Crippen molar-refractivity contribution in [2.45, 2.75) is 6.61 Å². The molecular weight excluding hydrogens is 388 g/mol. The summed E-state index contributed by atoms with van der Waals surface area (Å²) in [6, 6.07) is 19.4. The number of ether oxygens (including phenoxy) is 1. The molecule has 1 aliphatic rings. The molecule has 0 spiro atoms. The molecule has 29 heavy (non-hydrogen) atoms. The van der Waals surface area contributed by atoms with Crippen molar-refractivity contribution in [2.24, 2.45) is 7.05 Å². The number of anilines is 1. The van der Waals surface area contributed by atoms with Crippen LogP contribution in [0.25, 0.3) is 0 Å². The zero-order chi connectivity index (χ0) is 20.2. The van der Waals surface area contributed by atoms with Gasteiger partial charge in [0.05, 0.1) is 0 Å². The maximum atomic E-state index is 12.9. The largest absolute Gasteiger partial charge is 0.473 e. The molecular formula is C22H23ClN4O2. The van der Waals surface area contributed by atoms with E-state index in [1.54, 1.807) is 17.8 Å². The quantitative estimate of drug-likeness (QED) is 0.644. The topological polar surface area (TPSA) is 50.6 Å². The summed E-state index contributed by atoms with van der Waals surface area (Å²) in [5.41, 5.74) is 2.60. The number of aromatic nitrogens is 2. The average Bonchev–Trinajstić information content (AvgIpc) is 3.14. The van der Waals surface area contributed by atoms with Gasteiger partial charge in [-0.05, 0) is 29.8 Å². The number of rotatable bonds is 5. The highest BCUT2D eigenvalue weighted by atomic mass is 35.5. The van der Waals surface area contributed by atoms with Crippen molar-refractivity contribution in [1.82, 2.24) is 14.7 Å². The number of halogens is 1. The number of nitrogens with zero attached hydrogens (tertiary/aromatic N) is 4. The van der Waals surface area contributed by atoms with Crippen LogP contribution >= 0.6 is 11.6 Å². The lowest BCUT2D eigenvalue weighted by Crippen LogP contribution is -2.48. The summed E-state index contributed by atoms with van der Waals surface area (Å²) in [6.45, 7) is 3.29. The third kappa shape index (κ3) is 4.54. The Hall–Kier alpha value is -2.99. The molecule has 6 nitrogen and oxygen atoms in total. The molecule has 2 aromatic carbocycles. The van der Waals surface area contributed by atoms with Gasteiger partial charge in [0.15, 0.2) is 5.69 Å². The van der Waals surface area contributed by atoms with Crippen LogP contribution in [-0.4, -0.2) is 46.8 Å². The molecule has 0 N–H and O–H groups in total. The summed E-state index contributed by atoms with van der Waals surface area (Å²) in [4.78, 5) is 17.0. The third-order valence-corrected chi connectivity index (χ3v) is 5.30. The van der Waals surface area contributed by atoms with Gasteiger partial charge >= 0.3 is 0 Å². The number of piperazine rings is 1. The number of hydrogen-bond donors (Lipinski definition) is 0. The van der Waals surface area contributed by atoms with E-state index in [2.05, 4.69) is 10.00 Å². The lowest BCUT2D eigenvalue weighted by Gasteiger charge is -2.35. The Labute approximate surface area is 175 Å². The van der Waals surface area contributed by atoms with E-state index in [9.17, 15) is 4.79 Å². The summed E-state index contributed by atoms with van der Waals surface area (Å²) in [6.07, 6.45) is 0. The van der Waals surface area contributed by atoms with Gasteiger partial charge in [-0.25, -0.2) is 4.68 Å². The number of hydrogen-bond acceptors (Lipinski definition) is 4. The number of benzene rings is 2. The Kier molecular flexibility index (Phi) is 5.71. The second-order valence-electron chi connectivity index (χ2n) is 7.02. The first-order chi connectivity index (χ1) is 14.1. The molecule has 7 heteroatoms. The smallest absolute Gasteiger partial charge is 0.274 e. The van der Waals surface area contributed by atoms with Crippen LogP contribution in [0.2, 0.25) is 5.02 Å². The summed E-state index contributed by atoms with van der Waals surface area (Å²) in [5.74, 6) is 0.517. The Balaban J connectivity index is 1.36. The molecule has 0 saturated carbocycles. The van der Waals surface area contributed by atoms with Crippen LogP contribution in [0.5, 0.6) is 5.88 Å². The maximum absolute atomic E-state index is 12.9. The van der Waals surface area contributed by atoms with Crippen molar-refractivity contribution in [3.8, 4) is 5.88 Å². The molecule has 0 radical (unpaired) electrons. The van der Waals surface area contributed by atoms with Gasteiger partial charge in [-0.3, -0.25) is 4.79 Å². The Bertz CT molecular complexity index is 964. The molecule has 0 unspecified atom stereocenters. The van der Waals surface area contributed by atoms with Crippen LogP contribution in [0.3, 0.4) is 0 Å². The van der Waals surface area contributed by atoms with Crippen molar-refractivity contribution >= 4 is 23.2 Å². The average molecular weight is 411 g/mol. The minimum absolute atomic E-state index is 0.0640. The number of amides is 1. The molecule has 0 aliphatic carbocycles. The van der Waals surface area contributed by atoms with Crippen LogP contribution < -0.4 is 9.64 Å². The lowest BCUT2D eigenvalue weighted by molar-refractivity contribution is 0.0740. The molecule has 1 saturated heterocycles. The predicted octanol–water partition coefficient (Wildman–Crippen LogP) is 3.61. The Morgan fingerprint density at radius 1 is 1.03 bits per heavy atom. The molecule has 0 atom stereocenters. The number of aryl methyl sites for hydroxylation is 1. The summed E-state index contributed by atoms with van der Waals surface area (Å²) >= 11 is 5.96. The lowest BCUT2D eigenvalue weighted by atomic mass is 10.2. The van der Waals surface area contributed by atoms with Crippen molar-refractivity contribution in [3.63, 3.8) is 0 Å². The zero-order valence-corrected chi connectivity index (χ0v) is 17.0. The van der Waals surface area contributed by atoms with Crippen LogP contribution in [0, 0.1) is 0 Å². The Morgan fingerprint density at radius 2 is 1.72 bits per heavy atom. The Morgan fingerprint density at radius 3 is 2.41 bits per heavy atom. The van der Waals surface area contributed by atoms with E-state index < -0.39 is 0 Å². The molecule has 4 rings (SSSR count). The van der Waals surface area contributed by atoms with E-state index in [0.29, 0.717) is 31.3 Å². The molecule has 1 fully saturated rings. The highest BCUT2D eigenvalue weighted by molar-refractivity contribution is 6.30. The fraction of sp³-hybridized carbons (Fsp3) is 0.273. The SMILES string of the molecule is Cn1nc(C(=O)N2CCN(c3ccc(Cl)cc3)CC2)cc1OCc1ccccc1. The minimum atomic E-state index is -0.0640.